The number of rotatable bonds is 7. The summed E-state index contributed by atoms with van der Waals surface area (Å²) in [5.41, 5.74) is 0.713. The van der Waals surface area contributed by atoms with Crippen LogP contribution in [0.5, 0.6) is 11.8 Å². The second-order valence-electron chi connectivity index (χ2n) is 10.8. The molecule has 6 rings (SSSR count). The highest BCUT2D eigenvalue weighted by molar-refractivity contribution is 6.35. The number of nitrogens with zero attached hydrogens (tertiary/aromatic N) is 5. The Labute approximate surface area is 249 Å². The van der Waals surface area contributed by atoms with Gasteiger partial charge in [0.15, 0.2) is 5.82 Å². The normalized spacial score (nSPS) is 16.2. The summed E-state index contributed by atoms with van der Waals surface area (Å²) in [4.78, 5) is 27.5. The van der Waals surface area contributed by atoms with Crippen LogP contribution < -0.4 is 9.64 Å². The standard InChI is InChI=1S/C32H33ClFN5O3/c1-2-27(41)38-12-14-39(15-13-38)31-25-20-26(33)28(24-19-22(40)18-21-8-4-5-9-23(21)24)29(34)30(25)35-32(36-31)42-17-16-37-10-6-3-7-11-37/h2,4-5,8-9,18-20,40H,1,3,6-7,10-17H2. The van der Waals surface area contributed by atoms with Gasteiger partial charge in [0, 0.05) is 43.7 Å². The van der Waals surface area contributed by atoms with Gasteiger partial charge in [0.25, 0.3) is 0 Å². The van der Waals surface area contributed by atoms with Crippen LogP contribution in [0.3, 0.4) is 0 Å². The number of ether oxygens (including phenoxy) is 1. The van der Waals surface area contributed by atoms with Crippen LogP contribution in [0.1, 0.15) is 19.3 Å². The molecule has 0 aliphatic carbocycles. The maximum Gasteiger partial charge on any atom is 0.319 e. The van der Waals surface area contributed by atoms with E-state index in [0.29, 0.717) is 49.6 Å². The molecule has 2 aliphatic heterocycles. The van der Waals surface area contributed by atoms with E-state index in [4.69, 9.17) is 21.3 Å². The van der Waals surface area contributed by atoms with Crippen LogP contribution in [-0.4, -0.2) is 83.2 Å². The third-order valence-corrected chi connectivity index (χ3v) is 8.41. The highest BCUT2D eigenvalue weighted by Gasteiger charge is 2.27. The zero-order chi connectivity index (χ0) is 29.2. The monoisotopic (exact) mass is 589 g/mol. The average molecular weight is 590 g/mol. The molecule has 42 heavy (non-hydrogen) atoms. The van der Waals surface area contributed by atoms with Gasteiger partial charge in [-0.15, -0.1) is 0 Å². The summed E-state index contributed by atoms with van der Waals surface area (Å²) in [7, 11) is 0. The van der Waals surface area contributed by atoms with Gasteiger partial charge < -0.3 is 19.6 Å². The van der Waals surface area contributed by atoms with E-state index < -0.39 is 5.82 Å². The predicted octanol–water partition coefficient (Wildman–Crippen LogP) is 5.65. The van der Waals surface area contributed by atoms with Crippen molar-refractivity contribution in [2.75, 3.05) is 57.3 Å². The molecule has 218 valence electrons. The molecule has 0 unspecified atom stereocenters. The molecule has 2 fully saturated rings. The number of piperidine rings is 1. The quantitative estimate of drug-likeness (QED) is 0.279. The summed E-state index contributed by atoms with van der Waals surface area (Å²) in [5, 5.41) is 12.6. The molecule has 3 heterocycles. The topological polar surface area (TPSA) is 82.0 Å². The predicted molar refractivity (Wildman–Crippen MR) is 164 cm³/mol. The van der Waals surface area contributed by atoms with Crippen molar-refractivity contribution in [1.29, 1.82) is 0 Å². The third-order valence-electron chi connectivity index (χ3n) is 8.11. The van der Waals surface area contributed by atoms with Crippen molar-refractivity contribution < 1.29 is 19.0 Å². The van der Waals surface area contributed by atoms with Crippen LogP contribution in [0.25, 0.3) is 32.8 Å². The second kappa shape index (κ2) is 12.1. The number of aromatic hydroxyl groups is 1. The number of phenolic OH excluding ortho intramolecular Hbond substituents is 1. The molecule has 2 saturated heterocycles. The van der Waals surface area contributed by atoms with E-state index in [1.54, 1.807) is 17.0 Å². The van der Waals surface area contributed by atoms with Gasteiger partial charge in [0.1, 0.15) is 23.7 Å². The molecule has 2 aliphatic rings. The van der Waals surface area contributed by atoms with Crippen molar-refractivity contribution in [2.24, 2.45) is 0 Å². The fourth-order valence-electron chi connectivity index (χ4n) is 5.93. The number of benzene rings is 3. The average Bonchev–Trinajstić information content (AvgIpc) is 3.01. The molecule has 1 N–H and O–H groups in total. The van der Waals surface area contributed by atoms with E-state index >= 15 is 4.39 Å². The molecule has 8 nitrogen and oxygen atoms in total. The summed E-state index contributed by atoms with van der Waals surface area (Å²) < 4.78 is 22.7. The molecule has 0 radical (unpaired) electrons. The Morgan fingerprint density at radius 3 is 2.55 bits per heavy atom. The Kier molecular flexibility index (Phi) is 8.13. The van der Waals surface area contributed by atoms with Crippen molar-refractivity contribution in [1.82, 2.24) is 19.8 Å². The van der Waals surface area contributed by atoms with Crippen LogP contribution in [0, 0.1) is 5.82 Å². The summed E-state index contributed by atoms with van der Waals surface area (Å²) in [5.74, 6) is -0.220. The molecule has 4 aromatic rings. The van der Waals surface area contributed by atoms with Crippen LogP contribution >= 0.6 is 11.6 Å². The Balaban J connectivity index is 1.42. The minimum absolute atomic E-state index is 0.0105. The first kappa shape index (κ1) is 28.2. The summed E-state index contributed by atoms with van der Waals surface area (Å²) >= 11 is 6.80. The van der Waals surface area contributed by atoms with Gasteiger partial charge in [-0.3, -0.25) is 9.69 Å². The third kappa shape index (κ3) is 5.58. The lowest BCUT2D eigenvalue weighted by molar-refractivity contribution is -0.126. The number of aromatic nitrogens is 2. The molecule has 10 heteroatoms. The van der Waals surface area contributed by atoms with Gasteiger partial charge in [-0.05, 0) is 66.5 Å². The maximum atomic E-state index is 16.6. The first-order valence-electron chi connectivity index (χ1n) is 14.4. The minimum Gasteiger partial charge on any atom is -0.508 e. The van der Waals surface area contributed by atoms with E-state index in [9.17, 15) is 9.90 Å². The van der Waals surface area contributed by atoms with Crippen molar-refractivity contribution in [3.05, 3.63) is 66.0 Å². The highest BCUT2D eigenvalue weighted by Crippen LogP contribution is 2.42. The van der Waals surface area contributed by atoms with Gasteiger partial charge >= 0.3 is 6.01 Å². The van der Waals surface area contributed by atoms with Crippen LogP contribution in [0.2, 0.25) is 5.02 Å². The largest absolute Gasteiger partial charge is 0.508 e. The number of amides is 1. The van der Waals surface area contributed by atoms with E-state index in [1.807, 2.05) is 29.2 Å². The molecule has 0 saturated carbocycles. The Bertz CT molecular complexity index is 1650. The zero-order valence-corrected chi connectivity index (χ0v) is 24.1. The highest BCUT2D eigenvalue weighted by atomic mass is 35.5. The fraction of sp³-hybridized carbons (Fsp3) is 0.344. The number of piperazine rings is 1. The molecule has 0 atom stereocenters. The summed E-state index contributed by atoms with van der Waals surface area (Å²) in [6.45, 7) is 8.73. The Morgan fingerprint density at radius 1 is 1.02 bits per heavy atom. The van der Waals surface area contributed by atoms with E-state index in [-0.39, 0.29) is 33.8 Å². The zero-order valence-electron chi connectivity index (χ0n) is 23.4. The van der Waals surface area contributed by atoms with Gasteiger partial charge in [0.2, 0.25) is 5.91 Å². The lowest BCUT2D eigenvalue weighted by Gasteiger charge is -2.35. The second-order valence-corrected chi connectivity index (χ2v) is 11.2. The first-order valence-corrected chi connectivity index (χ1v) is 14.7. The fourth-order valence-corrected chi connectivity index (χ4v) is 6.22. The number of likely N-dealkylation sites (tertiary alicyclic amines) is 1. The number of fused-ring (bicyclic) bond motifs is 2. The van der Waals surface area contributed by atoms with E-state index in [1.165, 1.54) is 31.4 Å². The molecule has 0 spiro atoms. The molecule has 0 bridgehead atoms. The van der Waals surface area contributed by atoms with Gasteiger partial charge in [0.05, 0.1) is 5.02 Å². The van der Waals surface area contributed by atoms with E-state index in [2.05, 4.69) is 16.5 Å². The summed E-state index contributed by atoms with van der Waals surface area (Å²) in [6.07, 6.45) is 4.91. The molecule has 1 aromatic heterocycles. The Hall–Kier alpha value is -3.95. The Morgan fingerprint density at radius 2 is 1.79 bits per heavy atom. The number of carbonyl (C=O) groups excluding carboxylic acids is 1. The number of hydrogen-bond donors (Lipinski definition) is 1. The SMILES string of the molecule is C=CC(=O)N1CCN(c2nc(OCCN3CCCCC3)nc3c(F)c(-c4cc(O)cc5ccccc45)c(Cl)cc23)CC1. The van der Waals surface area contributed by atoms with Crippen LogP contribution in [0.4, 0.5) is 10.2 Å². The van der Waals surface area contributed by atoms with Crippen LogP contribution in [0.15, 0.2) is 55.1 Å². The van der Waals surface area contributed by atoms with Gasteiger partial charge in [-0.2, -0.15) is 9.97 Å². The lowest BCUT2D eigenvalue weighted by Crippen LogP contribution is -2.48. The number of halogens is 2. The number of anilines is 1. The van der Waals surface area contributed by atoms with Crippen molar-refractivity contribution >= 4 is 45.0 Å². The molecule has 1 amide bonds. The smallest absolute Gasteiger partial charge is 0.319 e. The number of hydrogen-bond acceptors (Lipinski definition) is 7. The van der Waals surface area contributed by atoms with Crippen molar-refractivity contribution in [2.45, 2.75) is 19.3 Å². The van der Waals surface area contributed by atoms with Crippen molar-refractivity contribution in [3.8, 4) is 22.9 Å². The maximum absolute atomic E-state index is 16.6. The van der Waals surface area contributed by atoms with E-state index in [0.717, 1.165) is 30.4 Å². The van der Waals surface area contributed by atoms with Crippen molar-refractivity contribution in [3.63, 3.8) is 0 Å². The van der Waals surface area contributed by atoms with Gasteiger partial charge in [-0.1, -0.05) is 48.9 Å². The minimum atomic E-state index is -0.613. The van der Waals surface area contributed by atoms with Crippen LogP contribution in [-0.2, 0) is 4.79 Å². The molecular formula is C32H33ClFN5O3. The molecule has 3 aromatic carbocycles. The number of carbonyl (C=O) groups is 1. The molecular weight excluding hydrogens is 557 g/mol. The number of phenols is 1. The summed E-state index contributed by atoms with van der Waals surface area (Å²) in [6, 6.07) is 12.4. The van der Waals surface area contributed by atoms with Gasteiger partial charge in [-0.25, -0.2) is 4.39 Å². The first-order chi connectivity index (χ1) is 20.4. The lowest BCUT2D eigenvalue weighted by atomic mass is 9.96.